The lowest BCUT2D eigenvalue weighted by atomic mass is 10.0. The summed E-state index contributed by atoms with van der Waals surface area (Å²) < 4.78 is 2.41. The van der Waals surface area contributed by atoms with Crippen LogP contribution in [0.4, 0.5) is 0 Å². The molecule has 0 aliphatic carbocycles. The molecule has 0 radical (unpaired) electrons. The van der Waals surface area contributed by atoms with Gasteiger partial charge in [0.05, 0.1) is 11.0 Å². The average molecular weight is 823 g/mol. The van der Waals surface area contributed by atoms with E-state index in [-0.39, 0.29) is 0 Å². The lowest BCUT2D eigenvalue weighted by Crippen LogP contribution is -2.75. The van der Waals surface area contributed by atoms with Gasteiger partial charge in [0.2, 0.25) is 0 Å². The second-order valence-corrected chi connectivity index (χ2v) is 19.8. The minimum atomic E-state index is -2.96. The highest BCUT2D eigenvalue weighted by Gasteiger charge is 2.43. The van der Waals surface area contributed by atoms with Crippen molar-refractivity contribution in [2.24, 2.45) is 0 Å². The number of hydrogen-bond acceptors (Lipinski definition) is 3. The van der Waals surface area contributed by atoms with Gasteiger partial charge >= 0.3 is 0 Å². The molecule has 0 fully saturated rings. The Kier molecular flexibility index (Phi) is 9.72. The minimum Gasteiger partial charge on any atom is -0.309 e. The predicted molar refractivity (Wildman–Crippen MR) is 264 cm³/mol. The minimum absolute atomic E-state index is 0.609. The van der Waals surface area contributed by atoms with Crippen LogP contribution in [-0.2, 0) is 0 Å². The van der Waals surface area contributed by atoms with Crippen molar-refractivity contribution in [2.75, 3.05) is 0 Å². The van der Waals surface area contributed by atoms with Crippen molar-refractivity contribution >= 4 is 50.6 Å². The highest BCUT2D eigenvalue weighted by molar-refractivity contribution is 7.20. The molecule has 2 aromatic heterocycles. The van der Waals surface area contributed by atoms with Crippen molar-refractivity contribution in [1.29, 1.82) is 0 Å². The summed E-state index contributed by atoms with van der Waals surface area (Å²) in [6.45, 7) is 2.17. The summed E-state index contributed by atoms with van der Waals surface area (Å²) in [6.07, 6.45) is 0. The Morgan fingerprint density at radius 2 is 0.794 bits per heavy atom. The van der Waals surface area contributed by atoms with E-state index in [0.717, 1.165) is 39.0 Å². The molecule has 9 aromatic carbocycles. The number of benzene rings is 9. The third-order valence-electron chi connectivity index (χ3n) is 12.2. The van der Waals surface area contributed by atoms with E-state index < -0.39 is 8.07 Å². The Labute approximate surface area is 368 Å². The highest BCUT2D eigenvalue weighted by atomic mass is 28.3. The van der Waals surface area contributed by atoms with Gasteiger partial charge in [-0.05, 0) is 75.2 Å². The lowest BCUT2D eigenvalue weighted by Gasteiger charge is -2.36. The molecule has 0 saturated heterocycles. The first kappa shape index (κ1) is 38.0. The van der Waals surface area contributed by atoms with Crippen molar-refractivity contribution in [2.45, 2.75) is 6.92 Å². The van der Waals surface area contributed by atoms with Crippen LogP contribution in [0.3, 0.4) is 0 Å². The van der Waals surface area contributed by atoms with E-state index in [2.05, 4.69) is 212 Å². The molecule has 298 valence electrons. The number of aryl methyl sites for hydroxylation is 1. The van der Waals surface area contributed by atoms with Crippen LogP contribution in [0.2, 0.25) is 0 Å². The van der Waals surface area contributed by atoms with Crippen molar-refractivity contribution < 1.29 is 0 Å². The van der Waals surface area contributed by atoms with Crippen LogP contribution in [-0.4, -0.2) is 27.6 Å². The van der Waals surface area contributed by atoms with Crippen LogP contribution in [0.5, 0.6) is 0 Å². The van der Waals surface area contributed by atoms with Gasteiger partial charge in [-0.15, -0.1) is 0 Å². The fourth-order valence-corrected chi connectivity index (χ4v) is 14.4. The van der Waals surface area contributed by atoms with Gasteiger partial charge in [-0.25, -0.2) is 15.0 Å². The van der Waals surface area contributed by atoms with Gasteiger partial charge in [-0.3, -0.25) is 0 Å². The summed E-state index contributed by atoms with van der Waals surface area (Å²) in [4.78, 5) is 15.6. The molecule has 0 aliphatic heterocycles. The molecule has 2 heterocycles. The molecule has 5 heteroatoms. The topological polar surface area (TPSA) is 43.6 Å². The zero-order chi connectivity index (χ0) is 42.2. The van der Waals surface area contributed by atoms with E-state index in [4.69, 9.17) is 15.0 Å². The fraction of sp³-hybridized carbons (Fsp3) is 0.0172. The van der Waals surface area contributed by atoms with Crippen molar-refractivity contribution in [3.63, 3.8) is 0 Å². The number of fused-ring (bicyclic) bond motifs is 3. The number of rotatable bonds is 9. The molecule has 63 heavy (non-hydrogen) atoms. The van der Waals surface area contributed by atoms with Gasteiger partial charge in [0.25, 0.3) is 0 Å². The molecule has 0 atom stereocenters. The monoisotopic (exact) mass is 822 g/mol. The maximum Gasteiger partial charge on any atom is 0.180 e. The molecule has 0 spiro atoms. The van der Waals surface area contributed by atoms with Crippen molar-refractivity contribution in [1.82, 2.24) is 19.5 Å². The zero-order valence-electron chi connectivity index (χ0n) is 34.8. The van der Waals surface area contributed by atoms with Crippen molar-refractivity contribution in [3.05, 3.63) is 242 Å². The first-order valence-electron chi connectivity index (χ1n) is 21.4. The number of aromatic nitrogens is 4. The van der Waals surface area contributed by atoms with Crippen LogP contribution >= 0.6 is 0 Å². The molecule has 0 bridgehead atoms. The summed E-state index contributed by atoms with van der Waals surface area (Å²) in [5.41, 5.74) is 9.56. The molecule has 0 amide bonds. The van der Waals surface area contributed by atoms with Gasteiger partial charge < -0.3 is 4.57 Å². The first-order valence-corrected chi connectivity index (χ1v) is 23.4. The summed E-state index contributed by atoms with van der Waals surface area (Å²) in [7, 11) is -2.96. The van der Waals surface area contributed by atoms with Gasteiger partial charge in [-0.1, -0.05) is 206 Å². The molecule has 0 unspecified atom stereocenters. The van der Waals surface area contributed by atoms with Gasteiger partial charge in [-0.2, -0.15) is 0 Å². The molecular weight excluding hydrogens is 781 g/mol. The summed E-state index contributed by atoms with van der Waals surface area (Å²) in [5, 5.41) is 7.70. The normalized spacial score (nSPS) is 11.6. The van der Waals surface area contributed by atoms with Gasteiger partial charge in [0.1, 0.15) is 0 Å². The number of nitrogens with zero attached hydrogens (tertiary/aromatic N) is 4. The number of hydrogen-bond donors (Lipinski definition) is 0. The fourth-order valence-electron chi connectivity index (χ4n) is 9.42. The molecule has 0 saturated carbocycles. The standard InChI is InChI=1S/C58H42N4Si/c1-41-35-36-54-52(37-41)51-32-17-19-33-53(51)62(54)46-39-44(38-45(40-46)58-60-56(42-21-7-2-8-22-42)59-57(61-58)43-23-9-3-10-24-43)50-31-18-20-34-55(50)63(47-25-11-4-12-26-47,48-27-13-5-14-28-48)49-29-15-6-16-30-49/h2-40H,1H3. The lowest BCUT2D eigenvalue weighted by molar-refractivity contribution is 1.07. The summed E-state index contributed by atoms with van der Waals surface area (Å²) in [6, 6.07) is 85.3. The molecule has 0 aliphatic rings. The zero-order valence-corrected chi connectivity index (χ0v) is 35.8. The SMILES string of the molecule is Cc1ccc2c(c1)c1ccccc1n2-c1cc(-c2nc(-c3ccccc3)nc(-c3ccccc3)n2)cc(-c2ccccc2[Si](c2ccccc2)(c2ccccc2)c2ccccc2)c1. The largest absolute Gasteiger partial charge is 0.309 e. The maximum absolute atomic E-state index is 5.28. The van der Waals surface area contributed by atoms with Crippen LogP contribution < -0.4 is 20.7 Å². The van der Waals surface area contributed by atoms with Crippen LogP contribution in [0, 0.1) is 6.92 Å². The predicted octanol–water partition coefficient (Wildman–Crippen LogP) is 11.3. The third-order valence-corrected chi connectivity index (χ3v) is 17.1. The average Bonchev–Trinajstić information content (AvgIpc) is 3.69. The molecule has 0 N–H and O–H groups in total. The Bertz CT molecular complexity index is 3230. The van der Waals surface area contributed by atoms with E-state index >= 15 is 0 Å². The van der Waals surface area contributed by atoms with Crippen molar-refractivity contribution in [3.8, 4) is 51.0 Å². The summed E-state index contributed by atoms with van der Waals surface area (Å²) in [5.74, 6) is 1.86. The highest BCUT2D eigenvalue weighted by Crippen LogP contribution is 2.37. The smallest absolute Gasteiger partial charge is 0.180 e. The Hall–Kier alpha value is -7.99. The van der Waals surface area contributed by atoms with E-state index in [9.17, 15) is 0 Å². The molecular formula is C58H42N4Si. The Morgan fingerprint density at radius 3 is 1.37 bits per heavy atom. The van der Waals surface area contributed by atoms with Crippen LogP contribution in [0.15, 0.2) is 237 Å². The second kappa shape index (κ2) is 16.1. The van der Waals surface area contributed by atoms with Gasteiger partial charge in [0.15, 0.2) is 25.5 Å². The van der Waals surface area contributed by atoms with E-state index in [1.807, 2.05) is 36.4 Å². The van der Waals surface area contributed by atoms with E-state index in [1.54, 1.807) is 0 Å². The second-order valence-electron chi connectivity index (χ2n) is 16.1. The molecule has 11 rings (SSSR count). The molecule has 4 nitrogen and oxygen atoms in total. The van der Waals surface area contributed by atoms with Crippen LogP contribution in [0.25, 0.3) is 72.8 Å². The van der Waals surface area contributed by atoms with Gasteiger partial charge in [0, 0.05) is 33.2 Å². The Morgan fingerprint density at radius 1 is 0.349 bits per heavy atom. The summed E-state index contributed by atoms with van der Waals surface area (Å²) >= 11 is 0. The number of para-hydroxylation sites is 1. The third kappa shape index (κ3) is 6.76. The van der Waals surface area contributed by atoms with E-state index in [1.165, 1.54) is 42.6 Å². The van der Waals surface area contributed by atoms with Crippen LogP contribution in [0.1, 0.15) is 5.56 Å². The Balaban J connectivity index is 1.25. The first-order chi connectivity index (χ1) is 31.1. The molecule has 11 aromatic rings. The van der Waals surface area contributed by atoms with E-state index in [0.29, 0.717) is 17.5 Å². The maximum atomic E-state index is 5.28. The quantitative estimate of drug-likeness (QED) is 0.108.